The summed E-state index contributed by atoms with van der Waals surface area (Å²) in [6, 6.07) is 4.64. The van der Waals surface area contributed by atoms with Gasteiger partial charge in [-0.05, 0) is 30.5 Å². The molecule has 118 valence electrons. The third kappa shape index (κ3) is 5.21. The highest BCUT2D eigenvalue weighted by atomic mass is 35.7. The summed E-state index contributed by atoms with van der Waals surface area (Å²) in [7, 11) is 2.81. The molecule has 0 aliphatic rings. The second-order valence-corrected chi connectivity index (χ2v) is 7.22. The highest BCUT2D eigenvalue weighted by Crippen LogP contribution is 2.27. The summed E-state index contributed by atoms with van der Waals surface area (Å²) in [5.74, 6) is 0.0148. The summed E-state index contributed by atoms with van der Waals surface area (Å²) in [5, 5.41) is 2.90. The molecule has 0 aromatic heterocycles. The Morgan fingerprint density at radius 2 is 1.95 bits per heavy atom. The number of nitrogens with one attached hydrogen (secondary N) is 1. The Kier molecular flexibility index (Phi) is 6.48. The largest absolute Gasteiger partial charge is 0.495 e. The molecule has 7 heteroatoms. The third-order valence-electron chi connectivity index (χ3n) is 3.21. The van der Waals surface area contributed by atoms with Gasteiger partial charge in [0.05, 0.1) is 13.5 Å². The predicted octanol–water partition coefficient (Wildman–Crippen LogP) is 2.47. The fraction of sp³-hybridized carbons (Fsp3) is 0.500. The molecule has 0 aliphatic heterocycles. The topological polar surface area (TPSA) is 72.5 Å². The van der Waals surface area contributed by atoms with Crippen LogP contribution in [0.25, 0.3) is 0 Å². The minimum absolute atomic E-state index is 0.0971. The van der Waals surface area contributed by atoms with Gasteiger partial charge >= 0.3 is 0 Å². The number of hydrogen-bond donors (Lipinski definition) is 1. The average Bonchev–Trinajstić information content (AvgIpc) is 2.43. The zero-order valence-electron chi connectivity index (χ0n) is 12.3. The van der Waals surface area contributed by atoms with Gasteiger partial charge in [-0.25, -0.2) is 8.42 Å². The fourth-order valence-electron chi connectivity index (χ4n) is 1.98. The monoisotopic (exact) mass is 333 g/mol. The smallest absolute Gasteiger partial charge is 0.264 e. The van der Waals surface area contributed by atoms with E-state index >= 15 is 0 Å². The van der Waals surface area contributed by atoms with Gasteiger partial charge in [0.25, 0.3) is 9.05 Å². The Morgan fingerprint density at radius 3 is 2.43 bits per heavy atom. The predicted molar refractivity (Wildman–Crippen MR) is 82.2 cm³/mol. The lowest BCUT2D eigenvalue weighted by molar-refractivity contribution is -0.121. The van der Waals surface area contributed by atoms with Gasteiger partial charge in [0.1, 0.15) is 10.6 Å². The van der Waals surface area contributed by atoms with E-state index < -0.39 is 9.05 Å². The summed E-state index contributed by atoms with van der Waals surface area (Å²) in [6.07, 6.45) is 1.80. The first-order valence-corrected chi connectivity index (χ1v) is 9.03. The van der Waals surface area contributed by atoms with E-state index in [0.29, 0.717) is 5.56 Å². The number of amides is 1. The van der Waals surface area contributed by atoms with Crippen LogP contribution in [0.5, 0.6) is 5.75 Å². The van der Waals surface area contributed by atoms with E-state index in [4.69, 9.17) is 15.4 Å². The second kappa shape index (κ2) is 7.66. The second-order valence-electron chi connectivity index (χ2n) is 4.68. The highest BCUT2D eigenvalue weighted by molar-refractivity contribution is 8.13. The van der Waals surface area contributed by atoms with Crippen LogP contribution in [0.15, 0.2) is 23.1 Å². The van der Waals surface area contributed by atoms with E-state index in [1.54, 1.807) is 6.07 Å². The van der Waals surface area contributed by atoms with Crippen molar-refractivity contribution in [1.29, 1.82) is 0 Å². The molecule has 1 aromatic carbocycles. The minimum Gasteiger partial charge on any atom is -0.495 e. The molecule has 1 rings (SSSR count). The maximum Gasteiger partial charge on any atom is 0.264 e. The lowest BCUT2D eigenvalue weighted by atomic mass is 10.1. The Balaban J connectivity index is 2.93. The molecule has 0 unspecified atom stereocenters. The zero-order valence-corrected chi connectivity index (χ0v) is 13.9. The standard InChI is InChI=1S/C14H20ClNO4S/c1-4-11(5-2)16-14(17)9-10-6-7-12(20-3)13(8-10)21(15,18)19/h6-8,11H,4-5,9H2,1-3H3,(H,16,17). The minimum atomic E-state index is -3.92. The van der Waals surface area contributed by atoms with Gasteiger partial charge in [-0.2, -0.15) is 0 Å². The average molecular weight is 334 g/mol. The van der Waals surface area contributed by atoms with Crippen molar-refractivity contribution in [3.05, 3.63) is 23.8 Å². The highest BCUT2D eigenvalue weighted by Gasteiger charge is 2.18. The van der Waals surface area contributed by atoms with Crippen molar-refractivity contribution in [2.75, 3.05) is 7.11 Å². The van der Waals surface area contributed by atoms with Crippen molar-refractivity contribution in [2.45, 2.75) is 44.0 Å². The molecule has 1 amide bonds. The molecule has 0 bridgehead atoms. The van der Waals surface area contributed by atoms with Crippen LogP contribution in [-0.2, 0) is 20.3 Å². The van der Waals surface area contributed by atoms with E-state index in [-0.39, 0.29) is 29.0 Å². The first kappa shape index (κ1) is 17.8. The number of ether oxygens (including phenoxy) is 1. The Labute approximate surface area is 130 Å². The van der Waals surface area contributed by atoms with Crippen molar-refractivity contribution in [1.82, 2.24) is 5.32 Å². The molecule has 1 aromatic rings. The molecule has 0 saturated carbocycles. The molecule has 0 heterocycles. The first-order chi connectivity index (χ1) is 9.81. The summed E-state index contributed by atoms with van der Waals surface area (Å²) in [6.45, 7) is 4.00. The van der Waals surface area contributed by atoms with Crippen LogP contribution in [0.1, 0.15) is 32.3 Å². The number of carbonyl (C=O) groups is 1. The first-order valence-electron chi connectivity index (χ1n) is 6.72. The van der Waals surface area contributed by atoms with Crippen molar-refractivity contribution in [3.8, 4) is 5.75 Å². The quantitative estimate of drug-likeness (QED) is 0.778. The summed E-state index contributed by atoms with van der Waals surface area (Å²) in [4.78, 5) is 11.8. The molecule has 0 saturated heterocycles. The fourth-order valence-corrected chi connectivity index (χ4v) is 3.02. The molecule has 1 N–H and O–H groups in total. The Bertz CT molecular complexity index is 597. The van der Waals surface area contributed by atoms with E-state index in [1.807, 2.05) is 13.8 Å². The molecule has 0 spiro atoms. The number of hydrogen-bond acceptors (Lipinski definition) is 4. The maximum atomic E-state index is 11.9. The lowest BCUT2D eigenvalue weighted by Gasteiger charge is -2.15. The van der Waals surface area contributed by atoms with Crippen LogP contribution in [0.4, 0.5) is 0 Å². The van der Waals surface area contributed by atoms with Gasteiger partial charge in [-0.1, -0.05) is 19.9 Å². The number of carbonyl (C=O) groups excluding carboxylic acids is 1. The molecule has 0 aliphatic carbocycles. The summed E-state index contributed by atoms with van der Waals surface area (Å²) < 4.78 is 28.0. The SMILES string of the molecule is CCC(CC)NC(=O)Cc1ccc(OC)c(S(=O)(=O)Cl)c1. The van der Waals surface area contributed by atoms with E-state index in [2.05, 4.69) is 5.32 Å². The van der Waals surface area contributed by atoms with Crippen LogP contribution >= 0.6 is 10.7 Å². The normalized spacial score (nSPS) is 11.5. The molecule has 5 nitrogen and oxygen atoms in total. The van der Waals surface area contributed by atoms with Crippen LogP contribution in [0, 0.1) is 0 Å². The molecule has 0 atom stereocenters. The maximum absolute atomic E-state index is 11.9. The molecule has 0 radical (unpaired) electrons. The van der Waals surface area contributed by atoms with Crippen LogP contribution in [-0.4, -0.2) is 27.5 Å². The van der Waals surface area contributed by atoms with Crippen molar-refractivity contribution in [3.63, 3.8) is 0 Å². The summed E-state index contributed by atoms with van der Waals surface area (Å²) in [5.41, 5.74) is 0.568. The lowest BCUT2D eigenvalue weighted by Crippen LogP contribution is -2.34. The van der Waals surface area contributed by atoms with Crippen molar-refractivity contribution >= 4 is 25.6 Å². The van der Waals surface area contributed by atoms with Gasteiger partial charge in [-0.3, -0.25) is 4.79 Å². The number of methoxy groups -OCH3 is 1. The molecule has 0 fully saturated rings. The van der Waals surface area contributed by atoms with Gasteiger partial charge < -0.3 is 10.1 Å². The third-order valence-corrected chi connectivity index (χ3v) is 4.55. The Hall–Kier alpha value is -1.27. The van der Waals surface area contributed by atoms with Crippen LogP contribution in [0.2, 0.25) is 0 Å². The molecule has 21 heavy (non-hydrogen) atoms. The van der Waals surface area contributed by atoms with Gasteiger partial charge in [0.15, 0.2) is 0 Å². The summed E-state index contributed by atoms with van der Waals surface area (Å²) >= 11 is 0. The molecular formula is C14H20ClNO4S. The zero-order chi connectivity index (χ0) is 16.0. The van der Waals surface area contributed by atoms with E-state index in [1.165, 1.54) is 19.2 Å². The Morgan fingerprint density at radius 1 is 1.33 bits per heavy atom. The van der Waals surface area contributed by atoms with E-state index in [0.717, 1.165) is 12.8 Å². The number of rotatable bonds is 7. The van der Waals surface area contributed by atoms with Crippen LogP contribution < -0.4 is 10.1 Å². The number of halogens is 1. The molecular weight excluding hydrogens is 314 g/mol. The van der Waals surface area contributed by atoms with E-state index in [9.17, 15) is 13.2 Å². The number of benzene rings is 1. The van der Waals surface area contributed by atoms with Crippen molar-refractivity contribution in [2.24, 2.45) is 0 Å². The van der Waals surface area contributed by atoms with Gasteiger partial charge in [0, 0.05) is 16.7 Å². The van der Waals surface area contributed by atoms with Crippen molar-refractivity contribution < 1.29 is 17.9 Å². The van der Waals surface area contributed by atoms with Crippen LogP contribution in [0.3, 0.4) is 0 Å². The van der Waals surface area contributed by atoms with Gasteiger partial charge in [-0.15, -0.1) is 0 Å². The van der Waals surface area contributed by atoms with Gasteiger partial charge in [0.2, 0.25) is 5.91 Å².